The largest absolute Gasteiger partial charge is 0.480 e. The number of carboxylic acids is 2. The lowest BCUT2D eigenvalue weighted by Crippen LogP contribution is -2.40. The van der Waals surface area contributed by atoms with Crippen molar-refractivity contribution in [1.29, 1.82) is 0 Å². The van der Waals surface area contributed by atoms with E-state index in [9.17, 15) is 29.4 Å². The zero-order chi connectivity index (χ0) is 28.8. The van der Waals surface area contributed by atoms with Crippen molar-refractivity contribution in [3.63, 3.8) is 0 Å². The molecule has 8 nitrogen and oxygen atoms in total. The summed E-state index contributed by atoms with van der Waals surface area (Å²) in [7, 11) is 1.68. The smallest absolute Gasteiger partial charge is 0.321 e. The van der Waals surface area contributed by atoms with Gasteiger partial charge < -0.3 is 10.2 Å². The fraction of sp³-hybridized carbons (Fsp3) is 0.385. The predicted octanol–water partition coefficient (Wildman–Crippen LogP) is 5.91. The zero-order valence-corrected chi connectivity index (χ0v) is 25.8. The minimum Gasteiger partial charge on any atom is -0.480 e. The molecule has 2 N–H and O–H groups in total. The van der Waals surface area contributed by atoms with Gasteiger partial charge in [0.15, 0.2) is 0 Å². The van der Waals surface area contributed by atoms with E-state index >= 15 is 0 Å². The molecule has 4 atom stereocenters. The highest BCUT2D eigenvalue weighted by Gasteiger charge is 2.40. The third kappa shape index (κ3) is 8.13. The summed E-state index contributed by atoms with van der Waals surface area (Å²) in [6, 6.07) is 13.0. The second-order valence-electron chi connectivity index (χ2n) is 9.07. The number of halogens is 2. The summed E-state index contributed by atoms with van der Waals surface area (Å²) >= 11 is 15.0. The van der Waals surface area contributed by atoms with Crippen LogP contribution in [0.25, 0.3) is 0 Å². The van der Waals surface area contributed by atoms with Gasteiger partial charge in [-0.1, -0.05) is 47.5 Å². The molecule has 0 aromatic heterocycles. The van der Waals surface area contributed by atoms with Crippen molar-refractivity contribution in [2.45, 2.75) is 35.7 Å². The molecular weight excluding hydrogens is 635 g/mol. The Labute approximate surface area is 258 Å². The SMILES string of the molecule is O=C(CCN1C(C(=O)O)CSC1c1ccc(Cl)cc1)SSC(=O)CCN1C(C(=O)O)CSC1c1ccc(Cl)cc1. The van der Waals surface area contributed by atoms with Gasteiger partial charge in [-0.3, -0.25) is 29.0 Å². The maximum absolute atomic E-state index is 12.6. The van der Waals surface area contributed by atoms with Gasteiger partial charge in [0.05, 0.1) is 10.7 Å². The van der Waals surface area contributed by atoms with Gasteiger partial charge in [-0.2, -0.15) is 0 Å². The van der Waals surface area contributed by atoms with Crippen LogP contribution in [0.4, 0.5) is 0 Å². The molecule has 2 fully saturated rings. The van der Waals surface area contributed by atoms with E-state index in [4.69, 9.17) is 23.2 Å². The van der Waals surface area contributed by atoms with Gasteiger partial charge in [0, 0.05) is 47.5 Å². The first-order chi connectivity index (χ1) is 19.1. The van der Waals surface area contributed by atoms with Crippen LogP contribution in [0.1, 0.15) is 34.7 Å². The molecule has 2 aromatic carbocycles. The van der Waals surface area contributed by atoms with Crippen molar-refractivity contribution in [1.82, 2.24) is 9.80 Å². The summed E-state index contributed by atoms with van der Waals surface area (Å²) < 4.78 is 0. The Kier molecular flexibility index (Phi) is 11.6. The topological polar surface area (TPSA) is 115 Å². The van der Waals surface area contributed by atoms with Crippen molar-refractivity contribution < 1.29 is 29.4 Å². The Morgan fingerprint density at radius 2 is 1.05 bits per heavy atom. The number of rotatable bonds is 10. The standard InChI is InChI=1S/C26H26Cl2N2O6S4/c27-17-5-1-15(2-6-17)23-29(19(13-37-23)25(33)34)11-9-21(31)39-40-22(32)10-12-30-20(26(35)36)14-38-24(30)16-3-7-18(28)8-4-16/h1-8,19-20,23-24H,9-14H2,(H,33,34)(H,35,36). The van der Waals surface area contributed by atoms with Gasteiger partial charge in [-0.15, -0.1) is 23.5 Å². The first kappa shape index (κ1) is 31.6. The highest BCUT2D eigenvalue weighted by molar-refractivity contribution is 8.87. The van der Waals surface area contributed by atoms with E-state index in [2.05, 4.69) is 0 Å². The van der Waals surface area contributed by atoms with Crippen LogP contribution >= 0.6 is 68.3 Å². The van der Waals surface area contributed by atoms with Crippen LogP contribution in [0, 0.1) is 0 Å². The highest BCUT2D eigenvalue weighted by Crippen LogP contribution is 2.43. The number of hydrogen-bond acceptors (Lipinski definition) is 10. The molecule has 14 heteroatoms. The quantitative estimate of drug-likeness (QED) is 0.295. The van der Waals surface area contributed by atoms with Gasteiger partial charge in [-0.25, -0.2) is 0 Å². The lowest BCUT2D eigenvalue weighted by molar-refractivity contribution is -0.143. The first-order valence-electron chi connectivity index (χ1n) is 12.3. The predicted molar refractivity (Wildman–Crippen MR) is 164 cm³/mol. The molecule has 4 rings (SSSR count). The second-order valence-corrected chi connectivity index (χ2v) is 14.4. The van der Waals surface area contributed by atoms with Crippen LogP contribution in [0.5, 0.6) is 0 Å². The van der Waals surface area contributed by atoms with Crippen molar-refractivity contribution in [2.75, 3.05) is 24.6 Å². The number of benzene rings is 2. The molecule has 40 heavy (non-hydrogen) atoms. The Bertz CT molecular complexity index is 1140. The number of hydrogen-bond donors (Lipinski definition) is 2. The number of nitrogens with zero attached hydrogens (tertiary/aromatic N) is 2. The van der Waals surface area contributed by atoms with E-state index in [-0.39, 0.29) is 46.9 Å². The Morgan fingerprint density at radius 1 is 0.700 bits per heavy atom. The number of carboxylic acid groups (broad SMARTS) is 2. The molecule has 0 amide bonds. The normalized spacial score (nSPS) is 23.4. The number of carbonyl (C=O) groups excluding carboxylic acids is 2. The summed E-state index contributed by atoms with van der Waals surface area (Å²) in [4.78, 5) is 52.5. The monoisotopic (exact) mass is 660 g/mol. The molecule has 2 heterocycles. The molecular formula is C26H26Cl2N2O6S4. The summed E-state index contributed by atoms with van der Waals surface area (Å²) in [6.07, 6.45) is 0.170. The minimum absolute atomic E-state index is 0.0852. The molecule has 0 bridgehead atoms. The van der Waals surface area contributed by atoms with E-state index < -0.39 is 24.0 Å². The van der Waals surface area contributed by atoms with Crippen LogP contribution < -0.4 is 0 Å². The van der Waals surface area contributed by atoms with E-state index in [1.165, 1.54) is 23.5 Å². The average molecular weight is 662 g/mol. The zero-order valence-electron chi connectivity index (χ0n) is 21.0. The molecule has 4 unspecified atom stereocenters. The Balaban J connectivity index is 1.28. The van der Waals surface area contributed by atoms with Crippen LogP contribution in [-0.2, 0) is 19.2 Å². The van der Waals surface area contributed by atoms with E-state index in [1.807, 2.05) is 24.3 Å². The molecule has 214 valence electrons. The lowest BCUT2D eigenvalue weighted by atomic mass is 10.1. The molecule has 2 aliphatic heterocycles. The van der Waals surface area contributed by atoms with E-state index in [0.29, 0.717) is 21.6 Å². The Morgan fingerprint density at radius 3 is 1.38 bits per heavy atom. The summed E-state index contributed by atoms with van der Waals surface area (Å²) in [5, 5.41) is 19.7. The summed E-state index contributed by atoms with van der Waals surface area (Å²) in [5.41, 5.74) is 1.83. The van der Waals surface area contributed by atoms with Crippen molar-refractivity contribution in [2.24, 2.45) is 0 Å². The van der Waals surface area contributed by atoms with Gasteiger partial charge in [0.1, 0.15) is 12.1 Å². The van der Waals surface area contributed by atoms with Crippen LogP contribution in [-0.4, -0.2) is 78.9 Å². The number of carbonyl (C=O) groups is 4. The average Bonchev–Trinajstić information content (AvgIpc) is 3.55. The Hall–Kier alpha value is -1.38. The molecule has 2 aliphatic rings. The number of thioether (sulfide) groups is 2. The molecule has 0 saturated carbocycles. The molecule has 2 aromatic rings. The fourth-order valence-electron chi connectivity index (χ4n) is 4.49. The minimum atomic E-state index is -0.940. The molecule has 2 saturated heterocycles. The maximum atomic E-state index is 12.6. The molecule has 0 aliphatic carbocycles. The van der Waals surface area contributed by atoms with E-state index in [1.54, 1.807) is 34.1 Å². The molecule has 0 radical (unpaired) electrons. The van der Waals surface area contributed by atoms with Gasteiger partial charge in [0.25, 0.3) is 0 Å². The van der Waals surface area contributed by atoms with Gasteiger partial charge in [-0.05, 0) is 57.0 Å². The third-order valence-electron chi connectivity index (χ3n) is 6.48. The third-order valence-corrected chi connectivity index (χ3v) is 11.9. The maximum Gasteiger partial charge on any atom is 0.321 e. The van der Waals surface area contributed by atoms with Gasteiger partial charge >= 0.3 is 11.9 Å². The van der Waals surface area contributed by atoms with Crippen molar-refractivity contribution >= 4 is 90.5 Å². The van der Waals surface area contributed by atoms with Crippen LogP contribution in [0.2, 0.25) is 10.0 Å². The van der Waals surface area contributed by atoms with Gasteiger partial charge in [0.2, 0.25) is 10.2 Å². The van der Waals surface area contributed by atoms with Crippen molar-refractivity contribution in [3.05, 3.63) is 69.7 Å². The second kappa shape index (κ2) is 14.7. The van der Waals surface area contributed by atoms with E-state index in [0.717, 1.165) is 32.7 Å². The molecule has 0 spiro atoms. The summed E-state index contributed by atoms with van der Waals surface area (Å²) in [6.45, 7) is 0.484. The first-order valence-corrected chi connectivity index (χ1v) is 17.3. The highest BCUT2D eigenvalue weighted by atomic mass is 35.5. The number of aliphatic carboxylic acids is 2. The lowest BCUT2D eigenvalue weighted by Gasteiger charge is -2.27. The fourth-order valence-corrected chi connectivity index (χ4v) is 9.32. The van der Waals surface area contributed by atoms with Crippen LogP contribution in [0.3, 0.4) is 0 Å². The van der Waals surface area contributed by atoms with Crippen LogP contribution in [0.15, 0.2) is 48.5 Å². The summed E-state index contributed by atoms with van der Waals surface area (Å²) in [5.74, 6) is -1.07. The van der Waals surface area contributed by atoms with Crippen molar-refractivity contribution in [3.8, 4) is 0 Å².